The fourth-order valence-corrected chi connectivity index (χ4v) is 6.58. The smallest absolute Gasteiger partial charge is 0.243 e. The Bertz CT molecular complexity index is 964. The van der Waals surface area contributed by atoms with E-state index < -0.39 is 24.6 Å². The van der Waals surface area contributed by atoms with E-state index >= 15 is 0 Å². The number of nitrogens with one attached hydrogen (secondary N) is 1. The van der Waals surface area contributed by atoms with Crippen LogP contribution >= 0.6 is 0 Å². The summed E-state index contributed by atoms with van der Waals surface area (Å²) in [5, 5.41) is 3.26. The molecule has 0 bridgehead atoms. The molecule has 162 valence electrons. The van der Waals surface area contributed by atoms with Crippen LogP contribution in [-0.2, 0) is 26.4 Å². The number of hydrogen-bond acceptors (Lipinski definition) is 5. The monoisotopic (exact) mass is 442 g/mol. The van der Waals surface area contributed by atoms with Crippen molar-refractivity contribution < 1.29 is 16.8 Å². The number of sulfone groups is 1. The van der Waals surface area contributed by atoms with Gasteiger partial charge < -0.3 is 10.2 Å². The van der Waals surface area contributed by atoms with Crippen molar-refractivity contribution in [3.63, 3.8) is 0 Å². The number of guanidine groups is 1. The molecule has 0 radical (unpaired) electrons. The number of benzene rings is 1. The number of sulfonamides is 1. The van der Waals surface area contributed by atoms with Crippen molar-refractivity contribution in [2.75, 3.05) is 39.0 Å². The Morgan fingerprint density at radius 1 is 1.14 bits per heavy atom. The fourth-order valence-electron chi connectivity index (χ4n) is 3.69. The van der Waals surface area contributed by atoms with Gasteiger partial charge in [0.2, 0.25) is 10.0 Å². The van der Waals surface area contributed by atoms with Crippen molar-refractivity contribution >= 4 is 25.8 Å². The van der Waals surface area contributed by atoms with Gasteiger partial charge in [0.15, 0.2) is 15.8 Å². The first-order chi connectivity index (χ1) is 13.6. The average Bonchev–Trinajstić information content (AvgIpc) is 3.21. The maximum atomic E-state index is 12.6. The van der Waals surface area contributed by atoms with Crippen LogP contribution in [0.2, 0.25) is 0 Å². The van der Waals surface area contributed by atoms with Gasteiger partial charge in [-0.2, -0.15) is 4.31 Å². The maximum Gasteiger partial charge on any atom is 0.243 e. The number of nitrogens with zero attached hydrogens (tertiary/aromatic N) is 3. The summed E-state index contributed by atoms with van der Waals surface area (Å²) in [7, 11) is -4.85. The molecule has 2 heterocycles. The zero-order valence-corrected chi connectivity index (χ0v) is 18.9. The summed E-state index contributed by atoms with van der Waals surface area (Å²) < 4.78 is 50.4. The zero-order valence-electron chi connectivity index (χ0n) is 17.3. The molecular weight excluding hydrogens is 412 g/mol. The Hall–Kier alpha value is -1.65. The van der Waals surface area contributed by atoms with Gasteiger partial charge in [0.05, 0.1) is 15.4 Å². The summed E-state index contributed by atoms with van der Waals surface area (Å²) >= 11 is 0. The first-order valence-corrected chi connectivity index (χ1v) is 12.9. The van der Waals surface area contributed by atoms with E-state index in [1.54, 1.807) is 45.2 Å². The van der Waals surface area contributed by atoms with Gasteiger partial charge in [0, 0.05) is 39.8 Å². The standard InChI is InChI=1S/C19H30N4O4S2/c1-19(2)15-22(12-13-28(19,24)25)18(20-3)21-14-16-6-8-17(9-7-16)29(26,27)23-10-4-5-11-23/h6-9H,4-5,10-15H2,1-3H3,(H,20,21). The quantitative estimate of drug-likeness (QED) is 0.553. The summed E-state index contributed by atoms with van der Waals surface area (Å²) in [5.74, 6) is 0.741. The Labute approximate surface area is 174 Å². The Kier molecular flexibility index (Phi) is 6.26. The Morgan fingerprint density at radius 3 is 2.31 bits per heavy atom. The molecule has 1 aromatic rings. The van der Waals surface area contributed by atoms with Gasteiger partial charge in [-0.1, -0.05) is 12.1 Å². The van der Waals surface area contributed by atoms with Crippen molar-refractivity contribution in [3.8, 4) is 0 Å². The van der Waals surface area contributed by atoms with Gasteiger partial charge in [-0.05, 0) is 44.4 Å². The molecular formula is C19H30N4O4S2. The van der Waals surface area contributed by atoms with Crippen molar-refractivity contribution in [2.45, 2.75) is 42.9 Å². The number of aliphatic imine (C=N–C) groups is 1. The molecule has 0 spiro atoms. The average molecular weight is 443 g/mol. The maximum absolute atomic E-state index is 12.6. The van der Waals surface area contributed by atoms with Crippen LogP contribution in [-0.4, -0.2) is 75.7 Å². The first kappa shape index (κ1) is 22.0. The van der Waals surface area contributed by atoms with E-state index in [-0.39, 0.29) is 5.75 Å². The lowest BCUT2D eigenvalue weighted by Gasteiger charge is -2.39. The molecule has 29 heavy (non-hydrogen) atoms. The van der Waals surface area contributed by atoms with Crippen LogP contribution in [0.15, 0.2) is 34.2 Å². The van der Waals surface area contributed by atoms with E-state index in [1.807, 2.05) is 4.90 Å². The second-order valence-electron chi connectivity index (χ2n) is 8.16. The molecule has 1 aromatic carbocycles. The van der Waals surface area contributed by atoms with Gasteiger partial charge in [-0.3, -0.25) is 4.99 Å². The predicted molar refractivity (Wildman–Crippen MR) is 114 cm³/mol. The zero-order chi connectivity index (χ0) is 21.3. The molecule has 0 aromatic heterocycles. The van der Waals surface area contributed by atoms with E-state index in [0.29, 0.717) is 43.6 Å². The lowest BCUT2D eigenvalue weighted by molar-refractivity contribution is 0.353. The summed E-state index contributed by atoms with van der Waals surface area (Å²) in [6.07, 6.45) is 1.82. The summed E-state index contributed by atoms with van der Waals surface area (Å²) in [6.45, 7) is 5.90. The van der Waals surface area contributed by atoms with Crippen LogP contribution in [0.1, 0.15) is 32.3 Å². The third-order valence-electron chi connectivity index (χ3n) is 5.63. The lowest BCUT2D eigenvalue weighted by atomic mass is 10.2. The third kappa shape index (κ3) is 4.59. The molecule has 0 unspecified atom stereocenters. The highest BCUT2D eigenvalue weighted by Crippen LogP contribution is 2.24. The third-order valence-corrected chi connectivity index (χ3v) is 10.1. The summed E-state index contributed by atoms with van der Waals surface area (Å²) in [5.41, 5.74) is 0.926. The van der Waals surface area contributed by atoms with Crippen LogP contribution in [0, 0.1) is 0 Å². The van der Waals surface area contributed by atoms with Gasteiger partial charge in [-0.25, -0.2) is 16.8 Å². The molecule has 1 N–H and O–H groups in total. The van der Waals surface area contributed by atoms with Crippen molar-refractivity contribution in [1.29, 1.82) is 0 Å². The van der Waals surface area contributed by atoms with Crippen LogP contribution in [0.4, 0.5) is 0 Å². The Balaban J connectivity index is 1.63. The second kappa shape index (κ2) is 8.23. The molecule has 0 saturated carbocycles. The molecule has 2 aliphatic heterocycles. The molecule has 0 atom stereocenters. The predicted octanol–water partition coefficient (Wildman–Crippen LogP) is 1.06. The minimum atomic E-state index is -3.41. The minimum Gasteiger partial charge on any atom is -0.352 e. The van der Waals surface area contributed by atoms with E-state index in [0.717, 1.165) is 18.4 Å². The molecule has 3 rings (SSSR count). The van der Waals surface area contributed by atoms with E-state index in [9.17, 15) is 16.8 Å². The van der Waals surface area contributed by atoms with Crippen LogP contribution < -0.4 is 5.32 Å². The highest BCUT2D eigenvalue weighted by atomic mass is 32.2. The van der Waals surface area contributed by atoms with Crippen molar-refractivity contribution in [3.05, 3.63) is 29.8 Å². The summed E-state index contributed by atoms with van der Waals surface area (Å²) in [6, 6.07) is 6.88. The number of hydrogen-bond donors (Lipinski definition) is 1. The molecule has 2 saturated heterocycles. The molecule has 2 aliphatic rings. The SMILES string of the molecule is CN=C(NCc1ccc(S(=O)(=O)N2CCCC2)cc1)N1CCS(=O)(=O)C(C)(C)C1. The van der Waals surface area contributed by atoms with Crippen molar-refractivity contribution in [2.24, 2.45) is 4.99 Å². The largest absolute Gasteiger partial charge is 0.352 e. The molecule has 10 heteroatoms. The highest BCUT2D eigenvalue weighted by Gasteiger charge is 2.40. The lowest BCUT2D eigenvalue weighted by Crippen LogP contribution is -2.57. The second-order valence-corrected chi connectivity index (χ2v) is 12.8. The summed E-state index contributed by atoms with van der Waals surface area (Å²) in [4.78, 5) is 6.55. The van der Waals surface area contributed by atoms with Gasteiger partial charge in [0.25, 0.3) is 0 Å². The van der Waals surface area contributed by atoms with E-state index in [2.05, 4.69) is 10.3 Å². The molecule has 8 nitrogen and oxygen atoms in total. The van der Waals surface area contributed by atoms with Gasteiger partial charge in [-0.15, -0.1) is 0 Å². The highest BCUT2D eigenvalue weighted by molar-refractivity contribution is 7.92. The topological polar surface area (TPSA) is 99.2 Å². The normalized spacial score (nSPS) is 22.6. The molecule has 0 aliphatic carbocycles. The van der Waals surface area contributed by atoms with Crippen LogP contribution in [0.25, 0.3) is 0 Å². The Morgan fingerprint density at radius 2 is 1.76 bits per heavy atom. The van der Waals surface area contributed by atoms with Gasteiger partial charge in [0.1, 0.15) is 0 Å². The molecule has 2 fully saturated rings. The number of rotatable bonds is 4. The van der Waals surface area contributed by atoms with Crippen LogP contribution in [0.5, 0.6) is 0 Å². The minimum absolute atomic E-state index is 0.101. The molecule has 0 amide bonds. The van der Waals surface area contributed by atoms with Crippen molar-refractivity contribution in [1.82, 2.24) is 14.5 Å². The fraction of sp³-hybridized carbons (Fsp3) is 0.632. The van der Waals surface area contributed by atoms with E-state index in [4.69, 9.17) is 0 Å². The first-order valence-electron chi connectivity index (χ1n) is 9.84. The van der Waals surface area contributed by atoms with E-state index in [1.165, 1.54) is 4.31 Å². The van der Waals surface area contributed by atoms with Crippen LogP contribution in [0.3, 0.4) is 0 Å². The van der Waals surface area contributed by atoms with Gasteiger partial charge >= 0.3 is 0 Å².